The summed E-state index contributed by atoms with van der Waals surface area (Å²) in [6.45, 7) is 22.2. The molecule has 0 bridgehead atoms. The lowest BCUT2D eigenvalue weighted by Gasteiger charge is -2.38. The highest BCUT2D eigenvalue weighted by Crippen LogP contribution is 2.21. The van der Waals surface area contributed by atoms with Crippen LogP contribution < -0.4 is 21.3 Å². The van der Waals surface area contributed by atoms with Gasteiger partial charge in [0.1, 0.15) is 47.8 Å². The number of morpholine rings is 1. The van der Waals surface area contributed by atoms with Gasteiger partial charge in [-0.05, 0) is 64.7 Å². The van der Waals surface area contributed by atoms with E-state index in [2.05, 4.69) is 26.2 Å². The van der Waals surface area contributed by atoms with Crippen molar-refractivity contribution < 1.29 is 52.8 Å². The van der Waals surface area contributed by atoms with Gasteiger partial charge in [0.2, 0.25) is 41.4 Å². The Balaban J connectivity index is 3.37. The maximum atomic E-state index is 14.5. The maximum Gasteiger partial charge on any atom is 0.250 e. The second-order valence-corrected chi connectivity index (χ2v) is 22.0. The Bertz CT molecular complexity index is 1690. The molecule has 1 saturated heterocycles. The van der Waals surface area contributed by atoms with Crippen molar-refractivity contribution in [2.75, 3.05) is 79.6 Å². The molecule has 1 aliphatic heterocycles. The van der Waals surface area contributed by atoms with Gasteiger partial charge in [-0.15, -0.1) is 0 Å². The van der Waals surface area contributed by atoms with Crippen molar-refractivity contribution in [2.45, 2.75) is 163 Å². The van der Waals surface area contributed by atoms with E-state index in [1.807, 2.05) is 34.6 Å². The van der Waals surface area contributed by atoms with Crippen LogP contribution in [0.3, 0.4) is 0 Å². The summed E-state index contributed by atoms with van der Waals surface area (Å²) in [4.78, 5) is 117. The normalized spacial score (nSPS) is 16.8. The van der Waals surface area contributed by atoms with Crippen LogP contribution in [0.2, 0.25) is 0 Å². The molecule has 5 N–H and O–H groups in total. The number of rotatable bonds is 29. The summed E-state index contributed by atoms with van der Waals surface area (Å²) in [5.74, 6) is -4.96. The zero-order valence-electron chi connectivity index (χ0n) is 44.6. The van der Waals surface area contributed by atoms with E-state index in [1.54, 1.807) is 13.8 Å². The van der Waals surface area contributed by atoms with Crippen LogP contribution in [0, 0.1) is 17.8 Å². The number of aliphatic hydroxyl groups is 1. The number of carbonyl (C=O) groups is 8. The molecule has 0 aromatic rings. The summed E-state index contributed by atoms with van der Waals surface area (Å²) in [7, 11) is 7.26. The van der Waals surface area contributed by atoms with E-state index < -0.39 is 100 Å². The third-order valence-corrected chi connectivity index (χ3v) is 13.7. The summed E-state index contributed by atoms with van der Waals surface area (Å²) >= 11 is -1.52. The molecule has 1 unspecified atom stereocenters. The van der Waals surface area contributed by atoms with Crippen LogP contribution in [0.1, 0.15) is 115 Å². The number of hydrogen-bond donors (Lipinski definition) is 5. The smallest absolute Gasteiger partial charge is 0.250 e. The summed E-state index contributed by atoms with van der Waals surface area (Å²) in [5.41, 5.74) is -1.49. The van der Waals surface area contributed by atoms with Gasteiger partial charge in [-0.25, -0.2) is 0 Å². The predicted molar refractivity (Wildman–Crippen MR) is 267 cm³/mol. The lowest BCUT2D eigenvalue weighted by molar-refractivity contribution is -0.149. The minimum atomic E-state index is -1.52. The topological polar surface area (TPSA) is 253 Å². The molecule has 1 fully saturated rings. The standard InChI is InChI=1S/C48H89N9O11S/c1-17-19-39(58)53(13)38(29-69(67)25-18-20-57-21-23-68-24-22-57)46(64)56(16)37(28-48(10,11)66)44(62)52-40(32(6)7)47(65)55(15)36(27-31(4)5)43(61)50-33(8)41(59)51-34(9)45(63)54(14)35(26-30(2)3)42(60)49-12/h30-38,40,66H,17-29H2,1-16H3,(H,49,60)(H,50,61)(H,51,59)(H,52,62)/t33-,34+,35+,36+,37-,38+,40-,69?/m0/s1. The lowest BCUT2D eigenvalue weighted by Crippen LogP contribution is -2.61. The Morgan fingerprint density at radius 2 is 1.17 bits per heavy atom. The molecule has 69 heavy (non-hydrogen) atoms. The van der Waals surface area contributed by atoms with Crippen molar-refractivity contribution in [3.63, 3.8) is 0 Å². The molecule has 0 aliphatic carbocycles. The Kier molecular flexibility index (Phi) is 27.4. The number of nitrogens with one attached hydrogen (secondary N) is 4. The first-order valence-electron chi connectivity index (χ1n) is 24.5. The van der Waals surface area contributed by atoms with Crippen molar-refractivity contribution in [2.24, 2.45) is 17.8 Å². The van der Waals surface area contributed by atoms with Crippen molar-refractivity contribution in [1.29, 1.82) is 0 Å². The van der Waals surface area contributed by atoms with Gasteiger partial charge in [0, 0.05) is 74.1 Å². The molecule has 20 nitrogen and oxygen atoms in total. The highest BCUT2D eigenvalue weighted by atomic mass is 32.2. The van der Waals surface area contributed by atoms with E-state index >= 15 is 0 Å². The van der Waals surface area contributed by atoms with Gasteiger partial charge in [-0.1, -0.05) is 59.6 Å². The van der Waals surface area contributed by atoms with Crippen LogP contribution in [0.5, 0.6) is 0 Å². The highest BCUT2D eigenvalue weighted by molar-refractivity contribution is 7.91. The average Bonchev–Trinajstić information content (AvgIpc) is 3.27. The molecular formula is C48H89N9O11S. The Labute approximate surface area is 415 Å². The van der Waals surface area contributed by atoms with Gasteiger partial charge < -0.3 is 55.3 Å². The van der Waals surface area contributed by atoms with E-state index in [0.717, 1.165) is 18.0 Å². The third kappa shape index (κ3) is 21.1. The van der Waals surface area contributed by atoms with Crippen LogP contribution >= 0.6 is 0 Å². The Morgan fingerprint density at radius 1 is 0.681 bits per heavy atom. The SMILES string of the molecule is CCCC(=O)N(C)[C@H](C[S+]([O-])CCCN1CCOCC1)C(=O)N(C)[C@@H](CC(C)(C)O)C(=O)N[C@H](C(=O)N(C)[C@H](CC(C)C)C(=O)N[C@@H](C)C(=O)N[C@H](C)C(=O)N(C)[C@H](CC(C)C)C(=O)NC)C(C)C. The summed E-state index contributed by atoms with van der Waals surface area (Å²) in [6, 6.07) is -7.82. The molecular weight excluding hydrogens is 911 g/mol. The van der Waals surface area contributed by atoms with Crippen LogP contribution in [0.25, 0.3) is 0 Å². The summed E-state index contributed by atoms with van der Waals surface area (Å²) in [5, 5.41) is 21.7. The first-order valence-corrected chi connectivity index (χ1v) is 26.0. The number of carbonyl (C=O) groups excluding carboxylic acids is 8. The van der Waals surface area contributed by atoms with E-state index in [-0.39, 0.29) is 48.7 Å². The number of hydrogen-bond acceptors (Lipinski definition) is 12. The van der Waals surface area contributed by atoms with Gasteiger partial charge >= 0.3 is 0 Å². The van der Waals surface area contributed by atoms with E-state index in [4.69, 9.17) is 4.74 Å². The molecule has 0 aromatic carbocycles. The average molecular weight is 1000 g/mol. The van der Waals surface area contributed by atoms with Crippen LogP contribution in [-0.4, -0.2) is 209 Å². The second kappa shape index (κ2) is 30.0. The monoisotopic (exact) mass is 1000 g/mol. The molecule has 8 amide bonds. The fraction of sp³-hybridized carbons (Fsp3) is 0.833. The van der Waals surface area contributed by atoms with Crippen molar-refractivity contribution >= 4 is 58.4 Å². The fourth-order valence-corrected chi connectivity index (χ4v) is 9.36. The zero-order valence-corrected chi connectivity index (χ0v) is 45.5. The lowest BCUT2D eigenvalue weighted by atomic mass is 9.95. The van der Waals surface area contributed by atoms with E-state index in [1.165, 1.54) is 77.6 Å². The van der Waals surface area contributed by atoms with Crippen molar-refractivity contribution in [3.05, 3.63) is 0 Å². The molecule has 0 saturated carbocycles. The van der Waals surface area contributed by atoms with E-state index in [0.29, 0.717) is 44.8 Å². The van der Waals surface area contributed by atoms with Crippen LogP contribution in [-0.2, 0) is 54.3 Å². The predicted octanol–water partition coefficient (Wildman–Crippen LogP) is 0.715. The van der Waals surface area contributed by atoms with Gasteiger partial charge in [-0.2, -0.15) is 0 Å². The molecule has 398 valence electrons. The van der Waals surface area contributed by atoms with Gasteiger partial charge in [0.05, 0.1) is 18.8 Å². The Hall–Kier alpha value is -4.05. The number of amides is 8. The van der Waals surface area contributed by atoms with Gasteiger partial charge in [0.15, 0.2) is 6.04 Å². The van der Waals surface area contributed by atoms with Crippen LogP contribution in [0.15, 0.2) is 0 Å². The number of likely N-dealkylation sites (N-methyl/N-ethyl adjacent to an activating group) is 5. The van der Waals surface area contributed by atoms with Crippen LogP contribution in [0.4, 0.5) is 0 Å². The highest BCUT2D eigenvalue weighted by Gasteiger charge is 2.42. The molecule has 1 heterocycles. The molecule has 8 atom stereocenters. The molecule has 0 aromatic heterocycles. The number of nitrogens with zero attached hydrogens (tertiary/aromatic N) is 5. The first-order chi connectivity index (χ1) is 32.0. The molecule has 1 rings (SSSR count). The molecule has 1 aliphatic rings. The summed E-state index contributed by atoms with van der Waals surface area (Å²) in [6.07, 6.45) is 1.58. The third-order valence-electron chi connectivity index (χ3n) is 12.3. The minimum absolute atomic E-state index is 0.104. The summed E-state index contributed by atoms with van der Waals surface area (Å²) < 4.78 is 19.0. The maximum absolute atomic E-state index is 14.5. The fourth-order valence-electron chi connectivity index (χ4n) is 8.03. The van der Waals surface area contributed by atoms with Gasteiger partial charge in [-0.3, -0.25) is 43.3 Å². The molecule has 0 radical (unpaired) electrons. The van der Waals surface area contributed by atoms with Crippen molar-refractivity contribution in [3.8, 4) is 0 Å². The zero-order chi connectivity index (χ0) is 53.1. The largest absolute Gasteiger partial charge is 0.616 e. The van der Waals surface area contributed by atoms with Crippen molar-refractivity contribution in [1.82, 2.24) is 45.8 Å². The Morgan fingerprint density at radius 3 is 1.67 bits per heavy atom. The first kappa shape index (κ1) is 63.0. The molecule has 0 spiro atoms. The quantitative estimate of drug-likeness (QED) is 0.0651. The minimum Gasteiger partial charge on any atom is -0.616 e. The van der Waals surface area contributed by atoms with E-state index in [9.17, 15) is 48.0 Å². The number of ether oxygens (including phenoxy) is 1. The van der Waals surface area contributed by atoms with Gasteiger partial charge in [0.25, 0.3) is 5.91 Å². The molecule has 21 heteroatoms. The second-order valence-electron chi connectivity index (χ2n) is 20.4.